The van der Waals surface area contributed by atoms with Crippen molar-refractivity contribution in [1.29, 1.82) is 5.26 Å². The molecule has 0 amide bonds. The van der Waals surface area contributed by atoms with Crippen LogP contribution in [0.5, 0.6) is 17.2 Å². The lowest BCUT2D eigenvalue weighted by atomic mass is 10.0. The molecule has 4 rings (SSSR count). The Morgan fingerprint density at radius 1 is 1.20 bits per heavy atom. The predicted octanol–water partition coefficient (Wildman–Crippen LogP) is 5.51. The van der Waals surface area contributed by atoms with Gasteiger partial charge in [0.05, 0.1) is 31.6 Å². The summed E-state index contributed by atoms with van der Waals surface area (Å²) in [7, 11) is 1.50. The van der Waals surface area contributed by atoms with Crippen LogP contribution < -0.4 is 15.0 Å². The predicted molar refractivity (Wildman–Crippen MR) is 118 cm³/mol. The minimum atomic E-state index is -4.71. The Kier molecular flexibility index (Phi) is 6.52. The Balaban J connectivity index is 1.83. The van der Waals surface area contributed by atoms with E-state index in [0.29, 0.717) is 28.0 Å². The fourth-order valence-corrected chi connectivity index (χ4v) is 3.75. The van der Waals surface area contributed by atoms with Crippen LogP contribution in [0.4, 0.5) is 17.6 Å². The van der Waals surface area contributed by atoms with Crippen LogP contribution in [-0.2, 0) is 12.5 Å². The second-order valence-corrected chi connectivity index (χ2v) is 8.33. The van der Waals surface area contributed by atoms with Gasteiger partial charge in [0.1, 0.15) is 11.5 Å². The number of nitriles is 1. The fourth-order valence-electron chi connectivity index (χ4n) is 3.75. The normalized spacial score (nSPS) is 13.5. The van der Waals surface area contributed by atoms with E-state index in [9.17, 15) is 27.6 Å². The van der Waals surface area contributed by atoms with Gasteiger partial charge in [-0.25, -0.2) is 13.8 Å². The lowest BCUT2D eigenvalue weighted by Gasteiger charge is -2.21. The average molecular weight is 487 g/mol. The van der Waals surface area contributed by atoms with Gasteiger partial charge in [0.2, 0.25) is 5.75 Å². The van der Waals surface area contributed by atoms with Crippen LogP contribution in [0.2, 0.25) is 0 Å². The quantitative estimate of drug-likeness (QED) is 0.392. The highest BCUT2D eigenvalue weighted by atomic mass is 19.3. The number of hydrogen-bond acceptors (Lipinski definition) is 5. The Hall–Kier alpha value is -3.87. The molecule has 0 N–H and O–H groups in total. The van der Waals surface area contributed by atoms with Crippen molar-refractivity contribution in [2.75, 3.05) is 7.11 Å². The number of hydrogen-bond donors (Lipinski definition) is 0. The molecule has 1 aliphatic carbocycles. The van der Waals surface area contributed by atoms with E-state index < -0.39 is 29.4 Å². The van der Waals surface area contributed by atoms with Gasteiger partial charge >= 0.3 is 12.3 Å². The number of aryl methyl sites for hydroxylation is 1. The number of rotatable bonds is 8. The van der Waals surface area contributed by atoms with Crippen LogP contribution in [0.25, 0.3) is 0 Å². The molecule has 0 spiro atoms. The maximum Gasteiger partial charge on any atom is 0.352 e. The molecule has 0 aliphatic heterocycles. The van der Waals surface area contributed by atoms with Crippen LogP contribution in [0.3, 0.4) is 0 Å². The Bertz CT molecular complexity index is 1340. The second-order valence-electron chi connectivity index (χ2n) is 8.33. The van der Waals surface area contributed by atoms with E-state index in [0.717, 1.165) is 23.7 Å². The van der Waals surface area contributed by atoms with E-state index in [-0.39, 0.29) is 18.2 Å². The third-order valence-corrected chi connectivity index (χ3v) is 5.75. The number of alkyl halides is 4. The van der Waals surface area contributed by atoms with Crippen molar-refractivity contribution < 1.29 is 27.0 Å². The third kappa shape index (κ3) is 4.85. The Labute approximate surface area is 198 Å². The summed E-state index contributed by atoms with van der Waals surface area (Å²) in [6.07, 6.45) is -1.71. The number of nitrogens with zero attached hydrogens (tertiary/aromatic N) is 3. The lowest BCUT2D eigenvalue weighted by molar-refractivity contribution is -0.139. The lowest BCUT2D eigenvalue weighted by Crippen LogP contribution is -2.31. The molecule has 1 fully saturated rings. The molecule has 0 radical (unpaired) electrons. The van der Waals surface area contributed by atoms with Crippen LogP contribution in [0.1, 0.15) is 46.7 Å². The molecule has 182 valence electrons. The molecule has 1 heterocycles. The number of aromatic nitrogens is 2. The Morgan fingerprint density at radius 2 is 1.89 bits per heavy atom. The summed E-state index contributed by atoms with van der Waals surface area (Å²) in [4.78, 5) is 16.8. The summed E-state index contributed by atoms with van der Waals surface area (Å²) >= 11 is 0. The van der Waals surface area contributed by atoms with Crippen molar-refractivity contribution in [3.05, 3.63) is 81.0 Å². The van der Waals surface area contributed by atoms with Gasteiger partial charge in [-0.1, -0.05) is 12.1 Å². The summed E-state index contributed by atoms with van der Waals surface area (Å²) in [5, 5.41) is 9.29. The smallest absolute Gasteiger partial charge is 0.352 e. The van der Waals surface area contributed by atoms with E-state index >= 15 is 0 Å². The molecule has 1 aromatic heterocycles. The van der Waals surface area contributed by atoms with Gasteiger partial charge in [0.25, 0.3) is 5.56 Å². The summed E-state index contributed by atoms with van der Waals surface area (Å²) in [5.74, 6) is -4.98. The number of ether oxygens (including phenoxy) is 2. The van der Waals surface area contributed by atoms with E-state index in [1.165, 1.54) is 13.2 Å². The number of benzene rings is 2. The van der Waals surface area contributed by atoms with Gasteiger partial charge in [-0.3, -0.25) is 9.36 Å². The first kappa shape index (κ1) is 24.3. The molecular weight excluding hydrogens is 466 g/mol. The summed E-state index contributed by atoms with van der Waals surface area (Å²) < 4.78 is 67.3. The fraction of sp³-hybridized carbons (Fsp3) is 0.320. The number of methoxy groups -OCH3 is 1. The highest BCUT2D eigenvalue weighted by Crippen LogP contribution is 2.47. The highest BCUT2D eigenvalue weighted by Gasteiger charge is 2.48. The molecular formula is C25H21F4N3O3. The molecule has 0 unspecified atom stereocenters. The summed E-state index contributed by atoms with van der Waals surface area (Å²) in [6.45, 7) is 1.54. The molecule has 2 aromatic carbocycles. The molecule has 0 atom stereocenters. The molecule has 3 aromatic rings. The van der Waals surface area contributed by atoms with Crippen molar-refractivity contribution in [3.63, 3.8) is 0 Å². The second kappa shape index (κ2) is 9.41. The summed E-state index contributed by atoms with van der Waals surface area (Å²) in [5.41, 5.74) is -0.508. The largest absolute Gasteiger partial charge is 0.497 e. The molecule has 1 aliphatic rings. The molecule has 10 heteroatoms. The van der Waals surface area contributed by atoms with Crippen molar-refractivity contribution in [2.45, 2.75) is 44.6 Å². The maximum atomic E-state index is 14.5. The van der Waals surface area contributed by atoms with Gasteiger partial charge in [0.15, 0.2) is 5.69 Å². The maximum absolute atomic E-state index is 14.5. The Morgan fingerprint density at radius 3 is 2.46 bits per heavy atom. The first-order valence-corrected chi connectivity index (χ1v) is 10.8. The SMILES string of the molecule is COc1ccc(Cn2cnc(C(F)(F)C(F)F)c(Oc3c(C)cc(C#N)cc3C3CC3)c2=O)cc1. The topological polar surface area (TPSA) is 77.1 Å². The molecule has 1 saturated carbocycles. The van der Waals surface area contributed by atoms with E-state index in [1.807, 2.05) is 6.07 Å². The van der Waals surface area contributed by atoms with Crippen LogP contribution in [0, 0.1) is 18.3 Å². The van der Waals surface area contributed by atoms with Crippen molar-refractivity contribution >= 4 is 0 Å². The van der Waals surface area contributed by atoms with Gasteiger partial charge in [-0.15, -0.1) is 0 Å². The summed E-state index contributed by atoms with van der Waals surface area (Å²) in [6, 6.07) is 11.7. The molecule has 0 bridgehead atoms. The number of halogens is 4. The van der Waals surface area contributed by atoms with E-state index in [2.05, 4.69) is 4.98 Å². The van der Waals surface area contributed by atoms with Crippen LogP contribution >= 0.6 is 0 Å². The van der Waals surface area contributed by atoms with Gasteiger partial charge in [-0.05, 0) is 66.6 Å². The third-order valence-electron chi connectivity index (χ3n) is 5.75. The zero-order chi connectivity index (χ0) is 25.3. The first-order chi connectivity index (χ1) is 16.6. The minimum absolute atomic E-state index is 0.0225. The average Bonchev–Trinajstić information content (AvgIpc) is 3.68. The van der Waals surface area contributed by atoms with Crippen molar-refractivity contribution in [3.8, 4) is 23.3 Å². The van der Waals surface area contributed by atoms with Crippen LogP contribution in [0.15, 0.2) is 47.5 Å². The molecule has 6 nitrogen and oxygen atoms in total. The monoisotopic (exact) mass is 487 g/mol. The minimum Gasteiger partial charge on any atom is -0.497 e. The van der Waals surface area contributed by atoms with E-state index in [1.54, 1.807) is 37.3 Å². The standard InChI is InChI=1S/C25H21F4N3O3/c1-14-9-16(11-30)10-19(17-5-6-17)20(14)35-21-22(25(28,29)24(26)27)31-13-32(23(21)33)12-15-3-7-18(34-2)8-4-15/h3-4,7-10,13,17,24H,5-6,12H2,1-2H3. The zero-order valence-electron chi connectivity index (χ0n) is 18.9. The van der Waals surface area contributed by atoms with Crippen molar-refractivity contribution in [1.82, 2.24) is 9.55 Å². The molecule has 35 heavy (non-hydrogen) atoms. The van der Waals surface area contributed by atoms with Gasteiger partial charge < -0.3 is 9.47 Å². The van der Waals surface area contributed by atoms with E-state index in [4.69, 9.17) is 9.47 Å². The molecule has 0 saturated heterocycles. The van der Waals surface area contributed by atoms with Gasteiger partial charge in [-0.2, -0.15) is 14.0 Å². The first-order valence-electron chi connectivity index (χ1n) is 10.8. The zero-order valence-corrected chi connectivity index (χ0v) is 18.9. The highest BCUT2D eigenvalue weighted by molar-refractivity contribution is 5.52. The van der Waals surface area contributed by atoms with Crippen molar-refractivity contribution in [2.24, 2.45) is 0 Å². The van der Waals surface area contributed by atoms with Gasteiger partial charge in [0, 0.05) is 0 Å². The van der Waals surface area contributed by atoms with Crippen LogP contribution in [-0.4, -0.2) is 23.1 Å².